The molecule has 0 atom stereocenters. The van der Waals surface area contributed by atoms with Gasteiger partial charge in [-0.15, -0.1) is 0 Å². The van der Waals surface area contributed by atoms with E-state index in [-0.39, 0.29) is 0 Å². The Balaban J connectivity index is 2.40. The van der Waals surface area contributed by atoms with Crippen molar-refractivity contribution < 1.29 is 19.5 Å². The first-order valence-corrected chi connectivity index (χ1v) is 4.41. The first-order chi connectivity index (χ1) is 7.59. The molecule has 0 bridgehead atoms. The number of carbonyl (C=O) groups is 2. The second-order valence-corrected chi connectivity index (χ2v) is 2.93. The summed E-state index contributed by atoms with van der Waals surface area (Å²) in [6.45, 7) is 1.20. The molecule has 0 aliphatic heterocycles. The van der Waals surface area contributed by atoms with Gasteiger partial charge in [0.2, 0.25) is 0 Å². The zero-order chi connectivity index (χ0) is 12.0. The molecule has 0 spiro atoms. The predicted octanol–water partition coefficient (Wildman–Crippen LogP) is 0.528. The number of carboxylic acid groups (broad SMARTS) is 1. The lowest BCUT2D eigenvalue weighted by Crippen LogP contribution is -2.31. The van der Waals surface area contributed by atoms with Gasteiger partial charge in [0.05, 0.1) is 11.9 Å². The molecular formula is C9H11N3O4. The van der Waals surface area contributed by atoms with E-state index >= 15 is 0 Å². The Morgan fingerprint density at radius 1 is 1.56 bits per heavy atom. The third-order valence-electron chi connectivity index (χ3n) is 1.65. The molecule has 0 radical (unpaired) electrons. The van der Waals surface area contributed by atoms with Crippen LogP contribution in [0.2, 0.25) is 0 Å². The van der Waals surface area contributed by atoms with Crippen molar-refractivity contribution in [3.63, 3.8) is 0 Å². The number of hydrogen-bond acceptors (Lipinski definition) is 4. The van der Waals surface area contributed by atoms with Gasteiger partial charge >= 0.3 is 12.0 Å². The fourth-order valence-electron chi connectivity index (χ4n) is 0.906. The normalized spacial score (nSPS) is 9.56. The molecular weight excluding hydrogens is 214 g/mol. The predicted molar refractivity (Wildman–Crippen MR) is 54.7 cm³/mol. The van der Waals surface area contributed by atoms with E-state index in [0.29, 0.717) is 5.69 Å². The van der Waals surface area contributed by atoms with Crippen molar-refractivity contribution >= 4 is 17.7 Å². The molecule has 0 fully saturated rings. The highest BCUT2D eigenvalue weighted by Crippen LogP contribution is 2.10. The molecule has 0 aliphatic rings. The minimum Gasteiger partial charge on any atom is -0.479 e. The molecule has 2 amide bonds. The maximum Gasteiger partial charge on any atom is 0.343 e. The molecule has 0 saturated carbocycles. The molecule has 1 aromatic rings. The molecule has 1 rings (SSSR count). The molecule has 7 nitrogen and oxygen atoms in total. The minimum atomic E-state index is -1.17. The lowest BCUT2D eigenvalue weighted by atomic mass is 10.2. The van der Waals surface area contributed by atoms with Crippen LogP contribution in [-0.4, -0.2) is 28.7 Å². The molecule has 0 saturated heterocycles. The Morgan fingerprint density at radius 2 is 2.31 bits per heavy atom. The lowest BCUT2D eigenvalue weighted by molar-refractivity contribution is -0.143. The summed E-state index contributed by atoms with van der Waals surface area (Å²) >= 11 is 0. The van der Waals surface area contributed by atoms with Crippen molar-refractivity contribution in [2.75, 3.05) is 11.9 Å². The summed E-state index contributed by atoms with van der Waals surface area (Å²) in [7, 11) is 0. The lowest BCUT2D eigenvalue weighted by Gasteiger charge is -2.07. The Hall–Kier alpha value is -2.15. The zero-order valence-electron chi connectivity index (χ0n) is 8.56. The van der Waals surface area contributed by atoms with Crippen molar-refractivity contribution in [1.82, 2.24) is 10.5 Å². The molecule has 7 heteroatoms. The summed E-state index contributed by atoms with van der Waals surface area (Å²) in [5.41, 5.74) is 3.29. The Morgan fingerprint density at radius 3 is 2.94 bits per heavy atom. The number of nitrogens with zero attached hydrogens (tertiary/aromatic N) is 1. The average Bonchev–Trinajstić information content (AvgIpc) is 2.21. The van der Waals surface area contributed by atoms with Crippen LogP contribution in [0.15, 0.2) is 18.5 Å². The van der Waals surface area contributed by atoms with Gasteiger partial charge in [0.1, 0.15) is 0 Å². The van der Waals surface area contributed by atoms with Gasteiger partial charge < -0.3 is 10.4 Å². The number of hydrogen-bond donors (Lipinski definition) is 3. The standard InChI is InChI=1S/C9H11N3O4/c1-6-2-3-10-4-7(6)11-9(15)12-16-5-8(13)14/h2-4H,5H2,1H3,(H,13,14)(H2,11,12,15). The van der Waals surface area contributed by atoms with Crippen LogP contribution in [-0.2, 0) is 9.63 Å². The molecule has 1 aromatic heterocycles. The van der Waals surface area contributed by atoms with Gasteiger partial charge in [0, 0.05) is 6.20 Å². The number of urea groups is 1. The monoisotopic (exact) mass is 225 g/mol. The minimum absolute atomic E-state index is 0.527. The molecule has 0 aromatic carbocycles. The summed E-state index contributed by atoms with van der Waals surface area (Å²) in [4.78, 5) is 29.5. The molecule has 0 unspecified atom stereocenters. The highest BCUT2D eigenvalue weighted by atomic mass is 16.7. The van der Waals surface area contributed by atoms with Crippen LogP contribution >= 0.6 is 0 Å². The van der Waals surface area contributed by atoms with Gasteiger partial charge in [-0.1, -0.05) is 0 Å². The SMILES string of the molecule is Cc1ccncc1NC(=O)NOCC(=O)O. The third kappa shape index (κ3) is 3.93. The summed E-state index contributed by atoms with van der Waals surface area (Å²) in [6.07, 6.45) is 3.07. The summed E-state index contributed by atoms with van der Waals surface area (Å²) in [6, 6.07) is 1.07. The van der Waals surface area contributed by atoms with E-state index in [2.05, 4.69) is 15.1 Å². The summed E-state index contributed by atoms with van der Waals surface area (Å²) in [5, 5.41) is 10.7. The maximum atomic E-state index is 11.2. The van der Waals surface area contributed by atoms with Crippen molar-refractivity contribution in [2.24, 2.45) is 0 Å². The smallest absolute Gasteiger partial charge is 0.343 e. The van der Waals surface area contributed by atoms with Crippen LogP contribution in [0, 0.1) is 6.92 Å². The number of carbonyl (C=O) groups excluding carboxylic acids is 1. The van der Waals surface area contributed by atoms with Crippen LogP contribution < -0.4 is 10.8 Å². The highest BCUT2D eigenvalue weighted by Gasteiger charge is 2.04. The molecule has 3 N–H and O–H groups in total. The molecule has 16 heavy (non-hydrogen) atoms. The summed E-state index contributed by atoms with van der Waals surface area (Å²) < 4.78 is 0. The van der Waals surface area contributed by atoms with Crippen LogP contribution in [0.5, 0.6) is 0 Å². The number of aromatic nitrogens is 1. The second kappa shape index (κ2) is 5.66. The molecule has 86 valence electrons. The average molecular weight is 225 g/mol. The number of anilines is 1. The van der Waals surface area contributed by atoms with E-state index in [1.165, 1.54) is 6.20 Å². The van der Waals surface area contributed by atoms with Gasteiger partial charge in [0.25, 0.3) is 0 Å². The number of hydroxylamine groups is 1. The van der Waals surface area contributed by atoms with E-state index in [1.807, 2.05) is 5.48 Å². The van der Waals surface area contributed by atoms with Crippen LogP contribution in [0.4, 0.5) is 10.5 Å². The second-order valence-electron chi connectivity index (χ2n) is 2.93. The number of rotatable bonds is 4. The van der Waals surface area contributed by atoms with Crippen LogP contribution in [0.1, 0.15) is 5.56 Å². The zero-order valence-corrected chi connectivity index (χ0v) is 8.56. The topological polar surface area (TPSA) is 101 Å². The van der Waals surface area contributed by atoms with Crippen molar-refractivity contribution in [3.05, 3.63) is 24.0 Å². The van der Waals surface area contributed by atoms with Crippen LogP contribution in [0.25, 0.3) is 0 Å². The first-order valence-electron chi connectivity index (χ1n) is 4.41. The third-order valence-corrected chi connectivity index (χ3v) is 1.65. The fraction of sp³-hybridized carbons (Fsp3) is 0.222. The molecule has 0 aliphatic carbocycles. The fourth-order valence-corrected chi connectivity index (χ4v) is 0.906. The number of carboxylic acids is 1. The number of nitrogens with one attached hydrogen (secondary N) is 2. The van der Waals surface area contributed by atoms with Gasteiger partial charge in [-0.3, -0.25) is 9.82 Å². The maximum absolute atomic E-state index is 11.2. The molecule has 1 heterocycles. The highest BCUT2D eigenvalue weighted by molar-refractivity contribution is 5.89. The van der Waals surface area contributed by atoms with Crippen molar-refractivity contribution in [1.29, 1.82) is 0 Å². The Labute approximate surface area is 91.4 Å². The van der Waals surface area contributed by atoms with E-state index in [4.69, 9.17) is 5.11 Å². The van der Waals surface area contributed by atoms with Crippen molar-refractivity contribution in [2.45, 2.75) is 6.92 Å². The van der Waals surface area contributed by atoms with E-state index < -0.39 is 18.6 Å². The number of aliphatic carboxylic acids is 1. The van der Waals surface area contributed by atoms with Gasteiger partial charge in [-0.05, 0) is 18.6 Å². The van der Waals surface area contributed by atoms with E-state index in [0.717, 1.165) is 5.56 Å². The largest absolute Gasteiger partial charge is 0.479 e. The summed E-state index contributed by atoms with van der Waals surface area (Å²) in [5.74, 6) is -1.17. The van der Waals surface area contributed by atoms with E-state index in [1.54, 1.807) is 19.2 Å². The van der Waals surface area contributed by atoms with Crippen LogP contribution in [0.3, 0.4) is 0 Å². The van der Waals surface area contributed by atoms with Crippen molar-refractivity contribution in [3.8, 4) is 0 Å². The number of amides is 2. The first kappa shape index (κ1) is 11.9. The van der Waals surface area contributed by atoms with Gasteiger partial charge in [-0.2, -0.15) is 0 Å². The Kier molecular flexibility index (Phi) is 4.22. The van der Waals surface area contributed by atoms with Gasteiger partial charge in [0.15, 0.2) is 6.61 Å². The van der Waals surface area contributed by atoms with E-state index in [9.17, 15) is 9.59 Å². The number of aryl methyl sites for hydroxylation is 1. The Bertz CT molecular complexity index is 394. The number of pyridine rings is 1. The quantitative estimate of drug-likeness (QED) is 0.649. The van der Waals surface area contributed by atoms with Gasteiger partial charge in [-0.25, -0.2) is 15.1 Å².